The van der Waals surface area contributed by atoms with Crippen molar-refractivity contribution in [2.45, 2.75) is 24.2 Å². The molecule has 1 aromatic carbocycles. The highest BCUT2D eigenvalue weighted by atomic mass is 32.2. The number of ether oxygens (including phenoxy) is 2. The molecule has 7 nitrogen and oxygen atoms in total. The average Bonchev–Trinajstić information content (AvgIpc) is 3.27. The van der Waals surface area contributed by atoms with Crippen molar-refractivity contribution < 1.29 is 13.9 Å². The second kappa shape index (κ2) is 7.18. The van der Waals surface area contributed by atoms with Gasteiger partial charge in [-0.15, -0.1) is 10.2 Å². The molecule has 8 heteroatoms. The normalized spacial score (nSPS) is 16.1. The van der Waals surface area contributed by atoms with Gasteiger partial charge < -0.3 is 13.9 Å². The molecule has 0 saturated carbocycles. The molecule has 0 fully saturated rings. The number of nitrogens with zero attached hydrogens (tertiary/aromatic N) is 4. The Kier molecular flexibility index (Phi) is 4.60. The number of para-hydroxylation sites is 2. The molecule has 0 N–H and O–H groups in total. The van der Waals surface area contributed by atoms with E-state index in [9.17, 15) is 0 Å². The van der Waals surface area contributed by atoms with Gasteiger partial charge >= 0.3 is 0 Å². The SMILES string of the molecule is Cn1cc(CCCSc2nnc([C@H]3COc4ccccc4O3)o2)cn1. The van der Waals surface area contributed by atoms with Crippen molar-refractivity contribution >= 4 is 11.8 Å². The van der Waals surface area contributed by atoms with Crippen LogP contribution in [0.3, 0.4) is 0 Å². The van der Waals surface area contributed by atoms with Crippen molar-refractivity contribution in [2.24, 2.45) is 7.05 Å². The van der Waals surface area contributed by atoms with Crippen LogP contribution in [0.15, 0.2) is 46.3 Å². The quantitative estimate of drug-likeness (QED) is 0.495. The van der Waals surface area contributed by atoms with Crippen LogP contribution >= 0.6 is 11.8 Å². The van der Waals surface area contributed by atoms with Crippen LogP contribution in [0.1, 0.15) is 24.0 Å². The number of fused-ring (bicyclic) bond motifs is 1. The first kappa shape index (κ1) is 16.0. The molecule has 4 rings (SSSR count). The zero-order valence-electron chi connectivity index (χ0n) is 13.8. The summed E-state index contributed by atoms with van der Waals surface area (Å²) in [5, 5.41) is 12.9. The summed E-state index contributed by atoms with van der Waals surface area (Å²) in [4.78, 5) is 0. The Labute approximate surface area is 149 Å². The molecule has 3 heterocycles. The van der Waals surface area contributed by atoms with E-state index in [4.69, 9.17) is 13.9 Å². The predicted molar refractivity (Wildman–Crippen MR) is 91.9 cm³/mol. The van der Waals surface area contributed by atoms with Gasteiger partial charge in [-0.3, -0.25) is 4.68 Å². The van der Waals surface area contributed by atoms with E-state index in [1.54, 1.807) is 11.8 Å². The van der Waals surface area contributed by atoms with Crippen LogP contribution in [0, 0.1) is 0 Å². The van der Waals surface area contributed by atoms with E-state index in [2.05, 4.69) is 15.3 Å². The predicted octanol–water partition coefficient (Wildman–Crippen LogP) is 3.04. The Hall–Kier alpha value is -2.48. The molecule has 25 heavy (non-hydrogen) atoms. The minimum Gasteiger partial charge on any atom is -0.485 e. The second-order valence-corrected chi connectivity index (χ2v) is 6.79. The number of thioether (sulfide) groups is 1. The lowest BCUT2D eigenvalue weighted by Gasteiger charge is -2.23. The van der Waals surface area contributed by atoms with Gasteiger partial charge in [-0.1, -0.05) is 23.9 Å². The van der Waals surface area contributed by atoms with Crippen molar-refractivity contribution in [1.29, 1.82) is 0 Å². The van der Waals surface area contributed by atoms with Crippen molar-refractivity contribution in [3.05, 3.63) is 48.1 Å². The third-order valence-corrected chi connectivity index (χ3v) is 4.70. The van der Waals surface area contributed by atoms with Crippen molar-refractivity contribution in [3.8, 4) is 11.5 Å². The highest BCUT2D eigenvalue weighted by Crippen LogP contribution is 2.35. The van der Waals surface area contributed by atoms with E-state index in [0.717, 1.165) is 24.3 Å². The number of benzene rings is 1. The molecule has 3 aromatic rings. The van der Waals surface area contributed by atoms with E-state index in [-0.39, 0.29) is 6.10 Å². The van der Waals surface area contributed by atoms with Gasteiger partial charge in [0, 0.05) is 19.0 Å². The fraction of sp³-hybridized carbons (Fsp3) is 0.353. The highest BCUT2D eigenvalue weighted by Gasteiger charge is 2.27. The summed E-state index contributed by atoms with van der Waals surface area (Å²) in [5.41, 5.74) is 1.24. The van der Waals surface area contributed by atoms with Crippen LogP contribution in [0.25, 0.3) is 0 Å². The Bertz CT molecular complexity index is 848. The number of rotatable bonds is 6. The van der Waals surface area contributed by atoms with Crippen molar-refractivity contribution in [3.63, 3.8) is 0 Å². The third kappa shape index (κ3) is 3.79. The lowest BCUT2D eigenvalue weighted by atomic mass is 10.2. The molecule has 2 aromatic heterocycles. The molecule has 130 valence electrons. The van der Waals surface area contributed by atoms with E-state index in [1.807, 2.05) is 48.4 Å². The second-order valence-electron chi connectivity index (χ2n) is 5.74. The molecule has 0 saturated heterocycles. The molecule has 1 aliphatic rings. The van der Waals surface area contributed by atoms with Gasteiger partial charge in [0.05, 0.1) is 6.20 Å². The summed E-state index contributed by atoms with van der Waals surface area (Å²) in [7, 11) is 1.92. The molecule has 0 aliphatic carbocycles. The van der Waals surface area contributed by atoms with E-state index < -0.39 is 0 Å². The smallest absolute Gasteiger partial charge is 0.276 e. The lowest BCUT2D eigenvalue weighted by molar-refractivity contribution is 0.0686. The molecule has 0 radical (unpaired) electrons. The monoisotopic (exact) mass is 358 g/mol. The molecular formula is C17H18N4O3S. The summed E-state index contributed by atoms with van der Waals surface area (Å²) >= 11 is 1.55. The largest absolute Gasteiger partial charge is 0.485 e. The summed E-state index contributed by atoms with van der Waals surface area (Å²) in [6.07, 6.45) is 5.57. The van der Waals surface area contributed by atoms with Gasteiger partial charge in [0.2, 0.25) is 6.10 Å². The minimum atomic E-state index is -0.368. The maximum Gasteiger partial charge on any atom is 0.276 e. The van der Waals surface area contributed by atoms with Crippen molar-refractivity contribution in [1.82, 2.24) is 20.0 Å². The van der Waals surface area contributed by atoms with Crippen LogP contribution in [0.4, 0.5) is 0 Å². The molecule has 0 amide bonds. The van der Waals surface area contributed by atoms with Crippen LogP contribution in [0.5, 0.6) is 11.5 Å². The van der Waals surface area contributed by atoms with E-state index in [1.165, 1.54) is 5.56 Å². The summed E-state index contributed by atoms with van der Waals surface area (Å²) < 4.78 is 19.1. The number of hydrogen-bond acceptors (Lipinski definition) is 7. The fourth-order valence-corrected chi connectivity index (χ4v) is 3.29. The molecule has 0 spiro atoms. The van der Waals surface area contributed by atoms with Gasteiger partial charge in [-0.2, -0.15) is 5.10 Å². The van der Waals surface area contributed by atoms with Crippen LogP contribution in [-0.2, 0) is 13.5 Å². The molecule has 1 aliphatic heterocycles. The topological polar surface area (TPSA) is 75.2 Å². The first-order valence-corrected chi connectivity index (χ1v) is 9.09. The first-order valence-electron chi connectivity index (χ1n) is 8.10. The minimum absolute atomic E-state index is 0.365. The van der Waals surface area contributed by atoms with Gasteiger partial charge in [0.15, 0.2) is 11.5 Å². The summed E-state index contributed by atoms with van der Waals surface area (Å²) in [6.45, 7) is 0.365. The molecule has 0 bridgehead atoms. The third-order valence-electron chi connectivity index (χ3n) is 3.80. The van der Waals surface area contributed by atoms with Gasteiger partial charge in [0.1, 0.15) is 6.61 Å². The summed E-state index contributed by atoms with van der Waals surface area (Å²) in [6, 6.07) is 7.56. The molecule has 1 atom stereocenters. The standard InChI is InChI=1S/C17H18N4O3S/c1-21-10-12(9-18-21)5-4-8-25-17-20-19-16(24-17)15-11-22-13-6-2-3-7-14(13)23-15/h2-3,6-7,9-10,15H,4-5,8,11H2,1H3/t15-/m1/s1. The maximum absolute atomic E-state index is 5.88. The van der Waals surface area contributed by atoms with E-state index >= 15 is 0 Å². The van der Waals surface area contributed by atoms with Gasteiger partial charge in [-0.05, 0) is 30.5 Å². The van der Waals surface area contributed by atoms with Crippen LogP contribution < -0.4 is 9.47 Å². The Morgan fingerprint density at radius 3 is 2.96 bits per heavy atom. The number of hydrogen-bond donors (Lipinski definition) is 0. The first-order chi connectivity index (χ1) is 12.3. The zero-order chi connectivity index (χ0) is 17.1. The Morgan fingerprint density at radius 2 is 2.12 bits per heavy atom. The average molecular weight is 358 g/mol. The molecule has 0 unspecified atom stereocenters. The van der Waals surface area contributed by atoms with Gasteiger partial charge in [-0.25, -0.2) is 0 Å². The fourth-order valence-electron chi connectivity index (χ4n) is 2.59. The van der Waals surface area contributed by atoms with Crippen LogP contribution in [0.2, 0.25) is 0 Å². The number of aromatic nitrogens is 4. The van der Waals surface area contributed by atoms with Crippen LogP contribution in [-0.4, -0.2) is 32.3 Å². The van der Waals surface area contributed by atoms with E-state index in [0.29, 0.717) is 23.5 Å². The lowest BCUT2D eigenvalue weighted by Crippen LogP contribution is -2.21. The highest BCUT2D eigenvalue weighted by molar-refractivity contribution is 7.99. The molecular weight excluding hydrogens is 340 g/mol. The number of aryl methyl sites for hydroxylation is 2. The maximum atomic E-state index is 5.88. The zero-order valence-corrected chi connectivity index (χ0v) is 14.6. The van der Waals surface area contributed by atoms with Crippen molar-refractivity contribution in [2.75, 3.05) is 12.4 Å². The Morgan fingerprint density at radius 1 is 1.24 bits per heavy atom. The summed E-state index contributed by atoms with van der Waals surface area (Å²) in [5.74, 6) is 2.79. The Balaban J connectivity index is 1.29. The van der Waals surface area contributed by atoms with Gasteiger partial charge in [0.25, 0.3) is 11.1 Å².